The van der Waals surface area contributed by atoms with Gasteiger partial charge in [0, 0.05) is 11.6 Å². The van der Waals surface area contributed by atoms with E-state index in [0.717, 1.165) is 19.5 Å². The molecule has 0 bridgehead atoms. The lowest BCUT2D eigenvalue weighted by atomic mass is 10.0. The van der Waals surface area contributed by atoms with Crippen molar-refractivity contribution >= 4 is 0 Å². The highest BCUT2D eigenvalue weighted by Crippen LogP contribution is 2.29. The maximum absolute atomic E-state index is 14.1. The molecular formula is C17H29FN2O. The number of ether oxygens (including phenoxy) is 1. The maximum Gasteiger partial charge on any atom is 0.131 e. The topological polar surface area (TPSA) is 24.5 Å². The first-order valence-electron chi connectivity index (χ1n) is 7.82. The number of nitrogens with one attached hydrogen (secondary N) is 1. The smallest absolute Gasteiger partial charge is 0.131 e. The van der Waals surface area contributed by atoms with E-state index in [1.54, 1.807) is 13.2 Å². The van der Waals surface area contributed by atoms with E-state index >= 15 is 0 Å². The summed E-state index contributed by atoms with van der Waals surface area (Å²) >= 11 is 0. The van der Waals surface area contributed by atoms with Crippen molar-refractivity contribution in [1.82, 2.24) is 10.2 Å². The third-order valence-corrected chi connectivity index (χ3v) is 3.87. The Balaban J connectivity index is 2.63. The molecular weight excluding hydrogens is 267 g/mol. The largest absolute Gasteiger partial charge is 0.496 e. The molecule has 0 radical (unpaired) electrons. The van der Waals surface area contributed by atoms with Crippen molar-refractivity contribution in [2.75, 3.05) is 34.3 Å². The molecule has 0 aliphatic rings. The Morgan fingerprint density at radius 2 is 2.05 bits per heavy atom. The molecule has 21 heavy (non-hydrogen) atoms. The lowest BCUT2D eigenvalue weighted by Crippen LogP contribution is -2.27. The van der Waals surface area contributed by atoms with Crippen molar-refractivity contribution in [3.05, 3.63) is 29.6 Å². The zero-order chi connectivity index (χ0) is 15.7. The predicted molar refractivity (Wildman–Crippen MR) is 86.4 cm³/mol. The molecule has 1 rings (SSSR count). The Kier molecular flexibility index (Phi) is 8.31. The fraction of sp³-hybridized carbons (Fsp3) is 0.647. The summed E-state index contributed by atoms with van der Waals surface area (Å²) in [7, 11) is 5.58. The number of hydrogen-bond donors (Lipinski definition) is 1. The van der Waals surface area contributed by atoms with E-state index in [2.05, 4.69) is 24.2 Å². The van der Waals surface area contributed by atoms with Crippen molar-refractivity contribution in [1.29, 1.82) is 0 Å². The molecule has 120 valence electrons. The summed E-state index contributed by atoms with van der Waals surface area (Å²) in [4.78, 5) is 2.31. The Morgan fingerprint density at radius 3 is 2.67 bits per heavy atom. The molecule has 1 atom stereocenters. The lowest BCUT2D eigenvalue weighted by Gasteiger charge is -2.23. The minimum atomic E-state index is -0.206. The van der Waals surface area contributed by atoms with Gasteiger partial charge in [-0.1, -0.05) is 25.8 Å². The highest BCUT2D eigenvalue weighted by molar-refractivity contribution is 5.37. The maximum atomic E-state index is 14.1. The molecule has 0 aromatic heterocycles. The molecule has 0 saturated heterocycles. The molecule has 0 fully saturated rings. The van der Waals surface area contributed by atoms with Crippen LogP contribution in [0.15, 0.2) is 18.2 Å². The first kappa shape index (κ1) is 17.9. The van der Waals surface area contributed by atoms with E-state index in [9.17, 15) is 4.39 Å². The van der Waals surface area contributed by atoms with Gasteiger partial charge < -0.3 is 15.0 Å². The standard InChI is InChI=1S/C17H29FN2O/c1-5-6-7-12-20(3)13-11-15(19-2)17-14(18)9-8-10-16(17)21-4/h8-10,15,19H,5-7,11-13H2,1-4H3. The van der Waals surface area contributed by atoms with Gasteiger partial charge in [0.2, 0.25) is 0 Å². The summed E-state index contributed by atoms with van der Waals surface area (Å²) in [6.07, 6.45) is 4.58. The van der Waals surface area contributed by atoms with E-state index in [4.69, 9.17) is 4.74 Å². The van der Waals surface area contributed by atoms with E-state index in [-0.39, 0.29) is 11.9 Å². The van der Waals surface area contributed by atoms with E-state index in [1.807, 2.05) is 13.1 Å². The molecule has 3 nitrogen and oxygen atoms in total. The molecule has 1 unspecified atom stereocenters. The molecule has 0 spiro atoms. The van der Waals surface area contributed by atoms with Crippen molar-refractivity contribution < 1.29 is 9.13 Å². The molecule has 0 amide bonds. The van der Waals surface area contributed by atoms with Gasteiger partial charge >= 0.3 is 0 Å². The van der Waals surface area contributed by atoms with Gasteiger partial charge in [-0.05, 0) is 52.2 Å². The summed E-state index contributed by atoms with van der Waals surface area (Å²) in [5.41, 5.74) is 0.629. The van der Waals surface area contributed by atoms with Crippen molar-refractivity contribution in [3.8, 4) is 5.75 Å². The Morgan fingerprint density at radius 1 is 1.29 bits per heavy atom. The van der Waals surface area contributed by atoms with Crippen molar-refractivity contribution in [2.45, 2.75) is 38.6 Å². The second-order valence-corrected chi connectivity index (χ2v) is 5.50. The summed E-state index contributed by atoms with van der Waals surface area (Å²) in [6, 6.07) is 4.96. The van der Waals surface area contributed by atoms with Crippen LogP contribution in [0.4, 0.5) is 4.39 Å². The highest BCUT2D eigenvalue weighted by atomic mass is 19.1. The first-order chi connectivity index (χ1) is 10.1. The number of hydrogen-bond acceptors (Lipinski definition) is 3. The fourth-order valence-corrected chi connectivity index (χ4v) is 2.56. The van der Waals surface area contributed by atoms with Gasteiger partial charge in [0.1, 0.15) is 11.6 Å². The molecule has 0 heterocycles. The molecule has 1 aromatic rings. The van der Waals surface area contributed by atoms with Crippen LogP contribution in [-0.2, 0) is 0 Å². The number of nitrogens with zero attached hydrogens (tertiary/aromatic N) is 1. The minimum absolute atomic E-state index is 0.0326. The average molecular weight is 296 g/mol. The van der Waals surface area contributed by atoms with Crippen LogP contribution in [0.5, 0.6) is 5.75 Å². The quantitative estimate of drug-likeness (QED) is 0.668. The highest BCUT2D eigenvalue weighted by Gasteiger charge is 2.19. The lowest BCUT2D eigenvalue weighted by molar-refractivity contribution is 0.299. The van der Waals surface area contributed by atoms with Gasteiger partial charge in [0.05, 0.1) is 7.11 Å². The second kappa shape index (κ2) is 9.74. The Labute approximate surface area is 128 Å². The predicted octanol–water partition coefficient (Wildman–Crippen LogP) is 3.61. The van der Waals surface area contributed by atoms with Crippen LogP contribution in [0.3, 0.4) is 0 Å². The summed E-state index contributed by atoms with van der Waals surface area (Å²) in [5, 5.41) is 3.21. The summed E-state index contributed by atoms with van der Waals surface area (Å²) in [6.45, 7) is 4.24. The molecule has 1 N–H and O–H groups in total. The molecule has 4 heteroatoms. The van der Waals surface area contributed by atoms with Crippen LogP contribution in [-0.4, -0.2) is 39.2 Å². The second-order valence-electron chi connectivity index (χ2n) is 5.50. The zero-order valence-electron chi connectivity index (χ0n) is 13.8. The third kappa shape index (κ3) is 5.64. The molecule has 0 saturated carbocycles. The van der Waals surface area contributed by atoms with Crippen LogP contribution in [0.1, 0.15) is 44.2 Å². The van der Waals surface area contributed by atoms with Gasteiger partial charge in [0.15, 0.2) is 0 Å². The first-order valence-corrected chi connectivity index (χ1v) is 7.82. The number of benzene rings is 1. The number of rotatable bonds is 10. The minimum Gasteiger partial charge on any atom is -0.496 e. The average Bonchev–Trinajstić information content (AvgIpc) is 2.49. The zero-order valence-corrected chi connectivity index (χ0v) is 13.8. The van der Waals surface area contributed by atoms with Gasteiger partial charge in [0.25, 0.3) is 0 Å². The van der Waals surface area contributed by atoms with Gasteiger partial charge in [-0.25, -0.2) is 4.39 Å². The molecule has 0 aliphatic heterocycles. The molecule has 1 aromatic carbocycles. The van der Waals surface area contributed by atoms with Crippen LogP contribution < -0.4 is 10.1 Å². The van der Waals surface area contributed by atoms with Gasteiger partial charge in [-0.15, -0.1) is 0 Å². The monoisotopic (exact) mass is 296 g/mol. The van der Waals surface area contributed by atoms with Crippen LogP contribution in [0.25, 0.3) is 0 Å². The third-order valence-electron chi connectivity index (χ3n) is 3.87. The Bertz CT molecular complexity index is 412. The summed E-state index contributed by atoms with van der Waals surface area (Å²) < 4.78 is 19.4. The van der Waals surface area contributed by atoms with Crippen LogP contribution in [0.2, 0.25) is 0 Å². The number of unbranched alkanes of at least 4 members (excludes halogenated alkanes) is 2. The van der Waals surface area contributed by atoms with E-state index in [1.165, 1.54) is 25.3 Å². The summed E-state index contributed by atoms with van der Waals surface area (Å²) in [5.74, 6) is 0.408. The van der Waals surface area contributed by atoms with Crippen molar-refractivity contribution in [2.24, 2.45) is 0 Å². The van der Waals surface area contributed by atoms with E-state index < -0.39 is 0 Å². The van der Waals surface area contributed by atoms with Gasteiger partial charge in [-0.2, -0.15) is 0 Å². The van der Waals surface area contributed by atoms with Crippen LogP contribution >= 0.6 is 0 Å². The molecule has 0 aliphatic carbocycles. The normalized spacial score (nSPS) is 12.7. The Hall–Kier alpha value is -1.13. The fourth-order valence-electron chi connectivity index (χ4n) is 2.56. The van der Waals surface area contributed by atoms with Crippen LogP contribution in [0, 0.1) is 5.82 Å². The van der Waals surface area contributed by atoms with Gasteiger partial charge in [-0.3, -0.25) is 0 Å². The SMILES string of the molecule is CCCCCN(C)CCC(NC)c1c(F)cccc1OC. The van der Waals surface area contributed by atoms with Crippen molar-refractivity contribution in [3.63, 3.8) is 0 Å². The number of halogens is 1. The number of methoxy groups -OCH3 is 1. The van der Waals surface area contributed by atoms with E-state index in [0.29, 0.717) is 11.3 Å².